The zero-order valence-corrected chi connectivity index (χ0v) is 24.6. The number of pyridine rings is 1. The van der Waals surface area contributed by atoms with Gasteiger partial charge in [-0.2, -0.15) is 17.2 Å². The van der Waals surface area contributed by atoms with E-state index in [1.165, 1.54) is 5.56 Å². The second-order valence-electron chi connectivity index (χ2n) is 10.7. The van der Waals surface area contributed by atoms with Gasteiger partial charge >= 0.3 is 21.1 Å². The van der Waals surface area contributed by atoms with Gasteiger partial charge in [-0.05, 0) is 46.3 Å². The summed E-state index contributed by atoms with van der Waals surface area (Å²) >= 11 is 0. The van der Waals surface area contributed by atoms with E-state index in [-0.39, 0.29) is 26.5 Å². The first-order chi connectivity index (χ1) is 19.0. The van der Waals surface area contributed by atoms with Crippen LogP contribution in [0.5, 0.6) is 11.5 Å². The van der Waals surface area contributed by atoms with Crippen molar-refractivity contribution in [3.8, 4) is 23.0 Å². The summed E-state index contributed by atoms with van der Waals surface area (Å²) in [6, 6.07) is 37.5. The first-order valence-electron chi connectivity index (χ1n) is 13.0. The quantitative estimate of drug-likeness (QED) is 0.174. The molecule has 3 heterocycles. The molecule has 3 aromatic heterocycles. The van der Waals surface area contributed by atoms with Gasteiger partial charge in [0.2, 0.25) is 0 Å². The molecule has 6 heteroatoms. The van der Waals surface area contributed by atoms with Crippen molar-refractivity contribution in [1.82, 2.24) is 19.3 Å². The van der Waals surface area contributed by atoms with E-state index in [0.717, 1.165) is 44.2 Å². The zero-order chi connectivity index (χ0) is 26.6. The summed E-state index contributed by atoms with van der Waals surface area (Å²) in [4.78, 5) is 4.76. The fourth-order valence-electron chi connectivity index (χ4n) is 5.08. The minimum absolute atomic E-state index is 0. The maximum atomic E-state index is 6.32. The van der Waals surface area contributed by atoms with E-state index >= 15 is 0 Å². The van der Waals surface area contributed by atoms with Crippen molar-refractivity contribution in [3.63, 3.8) is 0 Å². The van der Waals surface area contributed by atoms with Gasteiger partial charge < -0.3 is 9.30 Å². The van der Waals surface area contributed by atoms with E-state index in [1.54, 1.807) is 0 Å². The van der Waals surface area contributed by atoms with Gasteiger partial charge in [-0.15, -0.1) is 35.7 Å². The van der Waals surface area contributed by atoms with Crippen LogP contribution >= 0.6 is 0 Å². The summed E-state index contributed by atoms with van der Waals surface area (Å²) in [5, 5.41) is 7.89. The molecule has 0 radical (unpaired) electrons. The van der Waals surface area contributed by atoms with Crippen LogP contribution in [0.25, 0.3) is 44.2 Å². The van der Waals surface area contributed by atoms with Crippen LogP contribution in [0.4, 0.5) is 0 Å². The molecule has 0 aliphatic heterocycles. The molecule has 0 bridgehead atoms. The number of hydrogen-bond donors (Lipinski definition) is 0. The standard InChI is InChI=1S/C34H26N4O.Pt/c1-34(2,3)24-17-18-35-33(19-24)37-31-14-7-5-12-28(31)29-16-15-27(21-32(29)37)39-26-11-8-10-25(20-26)38-30-13-6-4-9-23(30)22-36-38;/h4-19,22H,1-3H3;/q-2;+2. The average molecular weight is 702 g/mol. The van der Waals surface area contributed by atoms with Crippen LogP contribution in [0.3, 0.4) is 0 Å². The number of aromatic nitrogens is 4. The van der Waals surface area contributed by atoms with Crippen LogP contribution in [0, 0.1) is 12.1 Å². The van der Waals surface area contributed by atoms with Crippen LogP contribution in [-0.2, 0) is 26.5 Å². The number of hydrogen-bond acceptors (Lipinski definition) is 3. The number of benzene rings is 4. The van der Waals surface area contributed by atoms with E-state index in [0.29, 0.717) is 11.5 Å². The van der Waals surface area contributed by atoms with E-state index in [2.05, 4.69) is 91.1 Å². The Bertz CT molecular complexity index is 2000. The van der Waals surface area contributed by atoms with Crippen LogP contribution in [0.1, 0.15) is 26.3 Å². The van der Waals surface area contributed by atoms with Crippen molar-refractivity contribution >= 4 is 32.7 Å². The Morgan fingerprint density at radius 1 is 0.750 bits per heavy atom. The van der Waals surface area contributed by atoms with Gasteiger partial charge in [0.25, 0.3) is 0 Å². The van der Waals surface area contributed by atoms with E-state index < -0.39 is 0 Å². The summed E-state index contributed by atoms with van der Waals surface area (Å²) in [7, 11) is 0. The van der Waals surface area contributed by atoms with Crippen LogP contribution in [-0.4, -0.2) is 19.3 Å². The van der Waals surface area contributed by atoms with E-state index in [4.69, 9.17) is 9.72 Å². The predicted molar refractivity (Wildman–Crippen MR) is 156 cm³/mol. The van der Waals surface area contributed by atoms with Gasteiger partial charge in [0, 0.05) is 28.6 Å². The molecule has 0 aliphatic carbocycles. The van der Waals surface area contributed by atoms with E-state index in [1.807, 2.05) is 59.5 Å². The Kier molecular flexibility index (Phi) is 6.56. The van der Waals surface area contributed by atoms with Crippen molar-refractivity contribution in [2.24, 2.45) is 0 Å². The number of rotatable bonds is 4. The smallest absolute Gasteiger partial charge is 0.509 e. The molecule has 0 N–H and O–H groups in total. The normalized spacial score (nSPS) is 11.7. The molecule has 0 fully saturated rings. The Hall–Kier alpha value is -4.21. The molecule has 0 amide bonds. The fraction of sp³-hybridized carbons (Fsp3) is 0.118. The Morgan fingerprint density at radius 2 is 1.52 bits per heavy atom. The maximum absolute atomic E-state index is 6.32. The van der Waals surface area contributed by atoms with E-state index in [9.17, 15) is 0 Å². The van der Waals surface area contributed by atoms with Gasteiger partial charge in [-0.1, -0.05) is 62.7 Å². The average Bonchev–Trinajstić information content (AvgIpc) is 3.52. The molecule has 0 atom stereocenters. The minimum Gasteiger partial charge on any atom is -0.509 e. The molecule has 40 heavy (non-hydrogen) atoms. The summed E-state index contributed by atoms with van der Waals surface area (Å²) in [5.74, 6) is 2.07. The molecular formula is C34H26N4OPt. The maximum Gasteiger partial charge on any atom is 2.00 e. The SMILES string of the molecule is CC(C)(C)c1ccnc(-n2c3[c-]c(Oc4[c-]c(-n5ncc6ccccc65)ccc4)ccc3c3ccccc32)c1.[Pt+2]. The van der Waals surface area contributed by atoms with Gasteiger partial charge in [-0.25, -0.2) is 4.98 Å². The van der Waals surface area contributed by atoms with Gasteiger partial charge in [0.1, 0.15) is 5.82 Å². The number of nitrogens with zero attached hydrogens (tertiary/aromatic N) is 4. The topological polar surface area (TPSA) is 44.9 Å². The van der Waals surface area contributed by atoms with Crippen LogP contribution in [0.15, 0.2) is 103 Å². The summed E-state index contributed by atoms with van der Waals surface area (Å²) in [6.07, 6.45) is 3.75. The predicted octanol–water partition coefficient (Wildman–Crippen LogP) is 8.21. The number of fused-ring (bicyclic) bond motifs is 4. The second kappa shape index (κ2) is 10.1. The molecular weight excluding hydrogens is 675 g/mol. The Balaban J connectivity index is 0.00000289. The summed E-state index contributed by atoms with van der Waals surface area (Å²) in [5.41, 5.74) is 5.07. The molecule has 0 saturated heterocycles. The van der Waals surface area contributed by atoms with Crippen molar-refractivity contribution in [3.05, 3.63) is 121 Å². The third-order valence-corrected chi connectivity index (χ3v) is 7.08. The molecule has 198 valence electrons. The third-order valence-electron chi connectivity index (χ3n) is 7.08. The van der Waals surface area contributed by atoms with Crippen molar-refractivity contribution in [2.75, 3.05) is 0 Å². The molecule has 5 nitrogen and oxygen atoms in total. The first kappa shape index (κ1) is 26.0. The molecule has 0 saturated carbocycles. The molecule has 0 unspecified atom stereocenters. The van der Waals surface area contributed by atoms with Crippen molar-refractivity contribution in [2.45, 2.75) is 26.2 Å². The van der Waals surface area contributed by atoms with Gasteiger partial charge in [0.15, 0.2) is 0 Å². The molecule has 0 aliphatic rings. The Morgan fingerprint density at radius 3 is 2.38 bits per heavy atom. The summed E-state index contributed by atoms with van der Waals surface area (Å²) in [6.45, 7) is 6.65. The Labute approximate surface area is 247 Å². The third kappa shape index (κ3) is 4.51. The zero-order valence-electron chi connectivity index (χ0n) is 22.3. The monoisotopic (exact) mass is 701 g/mol. The molecule has 7 aromatic rings. The van der Waals surface area contributed by atoms with Crippen molar-refractivity contribution < 1.29 is 25.8 Å². The fourth-order valence-corrected chi connectivity index (χ4v) is 5.08. The number of para-hydroxylation sites is 2. The largest absolute Gasteiger partial charge is 2.00 e. The number of ether oxygens (including phenoxy) is 1. The van der Waals surface area contributed by atoms with Gasteiger partial charge in [0.05, 0.1) is 11.7 Å². The molecule has 7 rings (SSSR count). The van der Waals surface area contributed by atoms with Crippen LogP contribution in [0.2, 0.25) is 0 Å². The van der Waals surface area contributed by atoms with Crippen LogP contribution < -0.4 is 4.74 Å². The first-order valence-corrected chi connectivity index (χ1v) is 13.0. The second-order valence-corrected chi connectivity index (χ2v) is 10.7. The van der Waals surface area contributed by atoms with Gasteiger partial charge in [-0.3, -0.25) is 4.68 Å². The molecule has 0 spiro atoms. The van der Waals surface area contributed by atoms with Crippen molar-refractivity contribution in [1.29, 1.82) is 0 Å². The minimum atomic E-state index is 0. The summed E-state index contributed by atoms with van der Waals surface area (Å²) < 4.78 is 10.4. The molecule has 4 aromatic carbocycles.